The summed E-state index contributed by atoms with van der Waals surface area (Å²) in [6.07, 6.45) is 2.22. The van der Waals surface area contributed by atoms with Gasteiger partial charge < -0.3 is 10.1 Å². The average molecular weight is 301 g/mol. The predicted octanol–water partition coefficient (Wildman–Crippen LogP) is 4.40. The Bertz CT molecular complexity index is 430. The molecule has 1 fully saturated rings. The van der Waals surface area contributed by atoms with Crippen molar-refractivity contribution in [1.29, 1.82) is 0 Å². The Morgan fingerprint density at radius 1 is 1.05 bits per heavy atom. The summed E-state index contributed by atoms with van der Waals surface area (Å²) in [5, 5.41) is 3.44. The zero-order valence-corrected chi connectivity index (χ0v) is 12.1. The molecule has 21 heavy (non-hydrogen) atoms. The molecule has 1 saturated carbocycles. The summed E-state index contributed by atoms with van der Waals surface area (Å²) in [6, 6.07) is 6.12. The van der Waals surface area contributed by atoms with Crippen molar-refractivity contribution in [2.45, 2.75) is 50.7 Å². The number of hydrogen-bond donors (Lipinski definition) is 1. The first-order chi connectivity index (χ1) is 10.1. The van der Waals surface area contributed by atoms with E-state index in [4.69, 9.17) is 4.74 Å². The molecule has 0 unspecified atom stereocenters. The molecule has 0 aliphatic heterocycles. The summed E-state index contributed by atoms with van der Waals surface area (Å²) in [7, 11) is 0. The molecule has 0 atom stereocenters. The molecule has 1 aliphatic carbocycles. The highest BCUT2D eigenvalue weighted by molar-refractivity contribution is 5.35. The van der Waals surface area contributed by atoms with Crippen LogP contribution in [0.1, 0.15) is 44.1 Å². The van der Waals surface area contributed by atoms with Crippen LogP contribution in [0.3, 0.4) is 0 Å². The van der Waals surface area contributed by atoms with Crippen LogP contribution in [-0.2, 0) is 6.18 Å². The summed E-state index contributed by atoms with van der Waals surface area (Å²) in [5.41, 5.74) is -0.696. The summed E-state index contributed by atoms with van der Waals surface area (Å²) >= 11 is 0. The zero-order chi connectivity index (χ0) is 15.1. The van der Waals surface area contributed by atoms with Crippen LogP contribution in [0, 0.1) is 0 Å². The molecule has 2 nitrogen and oxygen atoms in total. The molecule has 1 aliphatic rings. The van der Waals surface area contributed by atoms with E-state index < -0.39 is 11.7 Å². The van der Waals surface area contributed by atoms with E-state index in [-0.39, 0.29) is 5.75 Å². The maximum absolute atomic E-state index is 12.7. The van der Waals surface area contributed by atoms with Crippen LogP contribution in [0.2, 0.25) is 0 Å². The third-order valence-electron chi connectivity index (χ3n) is 3.53. The largest absolute Gasteiger partial charge is 0.493 e. The van der Waals surface area contributed by atoms with Crippen molar-refractivity contribution in [1.82, 2.24) is 5.32 Å². The van der Waals surface area contributed by atoms with Crippen molar-refractivity contribution >= 4 is 0 Å². The molecule has 118 valence electrons. The fraction of sp³-hybridized carbons (Fsp3) is 0.625. The lowest BCUT2D eigenvalue weighted by molar-refractivity contribution is -0.138. The Labute approximate surface area is 123 Å². The van der Waals surface area contributed by atoms with Crippen molar-refractivity contribution in [3.8, 4) is 5.75 Å². The molecule has 1 aromatic rings. The van der Waals surface area contributed by atoms with Crippen LogP contribution in [0.25, 0.3) is 0 Å². The van der Waals surface area contributed by atoms with Crippen LogP contribution in [-0.4, -0.2) is 19.2 Å². The highest BCUT2D eigenvalue weighted by Gasteiger charge is 2.33. The second kappa shape index (κ2) is 7.69. The van der Waals surface area contributed by atoms with Crippen molar-refractivity contribution in [3.05, 3.63) is 29.8 Å². The van der Waals surface area contributed by atoms with Crippen LogP contribution >= 0.6 is 0 Å². The van der Waals surface area contributed by atoms with Gasteiger partial charge >= 0.3 is 6.18 Å². The number of benzene rings is 1. The lowest BCUT2D eigenvalue weighted by Gasteiger charge is -2.13. The van der Waals surface area contributed by atoms with Gasteiger partial charge in [0.25, 0.3) is 0 Å². The summed E-state index contributed by atoms with van der Waals surface area (Å²) in [4.78, 5) is 0. The van der Waals surface area contributed by atoms with Crippen molar-refractivity contribution in [3.63, 3.8) is 0 Å². The minimum Gasteiger partial charge on any atom is -0.493 e. The van der Waals surface area contributed by atoms with E-state index in [0.717, 1.165) is 44.3 Å². The quantitative estimate of drug-likeness (QED) is 0.683. The van der Waals surface area contributed by atoms with Gasteiger partial charge in [-0.25, -0.2) is 0 Å². The number of alkyl halides is 3. The molecular weight excluding hydrogens is 279 g/mol. The molecule has 1 aromatic carbocycles. The van der Waals surface area contributed by atoms with Gasteiger partial charge in [-0.2, -0.15) is 13.2 Å². The number of hydrogen-bond acceptors (Lipinski definition) is 2. The van der Waals surface area contributed by atoms with Gasteiger partial charge in [0.05, 0.1) is 12.2 Å². The fourth-order valence-corrected chi connectivity index (χ4v) is 2.18. The molecule has 0 heterocycles. The molecule has 0 aromatic heterocycles. The standard InChI is InChI=1S/C16H22F3NO/c17-16(18,19)14-7-3-4-8-15(14)21-12-6-2-1-5-11-20-13-9-10-13/h3-4,7-8,13,20H,1-2,5-6,9-12H2. The monoisotopic (exact) mass is 301 g/mol. The lowest BCUT2D eigenvalue weighted by Crippen LogP contribution is -2.17. The first-order valence-electron chi connectivity index (χ1n) is 7.60. The Morgan fingerprint density at radius 2 is 1.76 bits per heavy atom. The molecule has 1 N–H and O–H groups in total. The highest BCUT2D eigenvalue weighted by atomic mass is 19.4. The molecule has 0 radical (unpaired) electrons. The normalized spacial score (nSPS) is 15.2. The zero-order valence-electron chi connectivity index (χ0n) is 12.1. The van der Waals surface area contributed by atoms with Crippen LogP contribution in [0.15, 0.2) is 24.3 Å². The van der Waals surface area contributed by atoms with Crippen molar-refractivity contribution in [2.75, 3.05) is 13.2 Å². The fourth-order valence-electron chi connectivity index (χ4n) is 2.18. The molecule has 2 rings (SSSR count). The Balaban J connectivity index is 1.59. The van der Waals surface area contributed by atoms with E-state index in [0.29, 0.717) is 6.61 Å². The smallest absolute Gasteiger partial charge is 0.419 e. The Hall–Kier alpha value is -1.23. The minimum absolute atomic E-state index is 0.0691. The molecule has 0 spiro atoms. The van der Waals surface area contributed by atoms with Gasteiger partial charge in [0, 0.05) is 6.04 Å². The SMILES string of the molecule is FC(F)(F)c1ccccc1OCCCCCCNC1CC1. The summed E-state index contributed by atoms with van der Waals surface area (Å²) in [6.45, 7) is 1.38. The highest BCUT2D eigenvalue weighted by Crippen LogP contribution is 2.35. The Kier molecular flexibility index (Phi) is 5.91. The second-order valence-corrected chi connectivity index (χ2v) is 5.48. The third kappa shape index (κ3) is 5.96. The van der Waals surface area contributed by atoms with Gasteiger partial charge in [-0.05, 0) is 44.4 Å². The van der Waals surface area contributed by atoms with Crippen molar-refractivity contribution < 1.29 is 17.9 Å². The van der Waals surface area contributed by atoms with Crippen LogP contribution < -0.4 is 10.1 Å². The first-order valence-corrected chi connectivity index (χ1v) is 7.60. The molecule has 0 amide bonds. The van der Waals surface area contributed by atoms with Crippen LogP contribution in [0.4, 0.5) is 13.2 Å². The topological polar surface area (TPSA) is 21.3 Å². The molecule has 0 saturated heterocycles. The van der Waals surface area contributed by atoms with E-state index in [1.165, 1.54) is 25.0 Å². The first kappa shape index (κ1) is 16.1. The van der Waals surface area contributed by atoms with E-state index >= 15 is 0 Å². The van der Waals surface area contributed by atoms with Gasteiger partial charge in [0.15, 0.2) is 0 Å². The number of rotatable bonds is 9. The predicted molar refractivity (Wildman–Crippen MR) is 76.4 cm³/mol. The number of ether oxygens (including phenoxy) is 1. The average Bonchev–Trinajstić information content (AvgIpc) is 3.25. The minimum atomic E-state index is -4.36. The van der Waals surface area contributed by atoms with E-state index in [1.54, 1.807) is 6.07 Å². The van der Waals surface area contributed by atoms with Gasteiger partial charge in [-0.1, -0.05) is 25.0 Å². The van der Waals surface area contributed by atoms with E-state index in [1.807, 2.05) is 0 Å². The number of halogens is 3. The van der Waals surface area contributed by atoms with E-state index in [2.05, 4.69) is 5.32 Å². The number of unbranched alkanes of at least 4 members (excludes halogenated alkanes) is 3. The maximum atomic E-state index is 12.7. The van der Waals surface area contributed by atoms with E-state index in [9.17, 15) is 13.2 Å². The number of nitrogens with one attached hydrogen (secondary N) is 1. The van der Waals surface area contributed by atoms with Gasteiger partial charge in [-0.15, -0.1) is 0 Å². The lowest BCUT2D eigenvalue weighted by atomic mass is 10.2. The maximum Gasteiger partial charge on any atom is 0.419 e. The molecule has 0 bridgehead atoms. The molecular formula is C16H22F3NO. The van der Waals surface area contributed by atoms with Gasteiger partial charge in [0.1, 0.15) is 5.75 Å². The molecule has 5 heteroatoms. The summed E-state index contributed by atoms with van der Waals surface area (Å²) < 4.78 is 43.5. The van der Waals surface area contributed by atoms with Gasteiger partial charge in [0.2, 0.25) is 0 Å². The van der Waals surface area contributed by atoms with Crippen LogP contribution in [0.5, 0.6) is 5.75 Å². The Morgan fingerprint density at radius 3 is 2.48 bits per heavy atom. The summed E-state index contributed by atoms with van der Waals surface area (Å²) in [5.74, 6) is -0.0691. The number of para-hydroxylation sites is 1. The van der Waals surface area contributed by atoms with Gasteiger partial charge in [-0.3, -0.25) is 0 Å². The van der Waals surface area contributed by atoms with Crippen molar-refractivity contribution in [2.24, 2.45) is 0 Å². The third-order valence-corrected chi connectivity index (χ3v) is 3.53. The second-order valence-electron chi connectivity index (χ2n) is 5.48.